The summed E-state index contributed by atoms with van der Waals surface area (Å²) in [5, 5.41) is 3.71. The van der Waals surface area contributed by atoms with Gasteiger partial charge in [-0.3, -0.25) is 0 Å². The number of nitrogens with zero attached hydrogens (tertiary/aromatic N) is 4. The van der Waals surface area contributed by atoms with Gasteiger partial charge < -0.3 is 0 Å². The predicted octanol–water partition coefficient (Wildman–Crippen LogP) is 6.86. The molecule has 4 aromatic rings. The fourth-order valence-electron chi connectivity index (χ4n) is 2.22. The van der Waals surface area contributed by atoms with E-state index >= 15 is 0 Å². The summed E-state index contributed by atoms with van der Waals surface area (Å²) in [5.74, 6) is 0. The molecule has 0 aliphatic heterocycles. The number of pyridine rings is 4. The van der Waals surface area contributed by atoms with Crippen LogP contribution in [0.3, 0.4) is 0 Å². The Bertz CT molecular complexity index is 903. The smallest absolute Gasteiger partial charge is 0.101 e. The average Bonchev–Trinajstić information content (AvgIpc) is 2.81. The first-order chi connectivity index (χ1) is 14.9. The van der Waals surface area contributed by atoms with Crippen molar-refractivity contribution in [1.29, 1.82) is 0 Å². The van der Waals surface area contributed by atoms with E-state index < -0.39 is 0 Å². The molecule has 0 spiro atoms. The molecule has 0 aliphatic carbocycles. The highest BCUT2D eigenvalue weighted by Gasteiger charge is 2.17. The van der Waals surface area contributed by atoms with E-state index in [1.165, 1.54) is 0 Å². The Hall–Kier alpha value is -2.26. The van der Waals surface area contributed by atoms with Crippen molar-refractivity contribution in [3.05, 3.63) is 106 Å². The summed E-state index contributed by atoms with van der Waals surface area (Å²) in [6, 6.07) is 23.7. The van der Waals surface area contributed by atoms with Crippen molar-refractivity contribution in [1.82, 2.24) is 19.9 Å². The molecular formula is C22H16N4S4. The van der Waals surface area contributed by atoms with Crippen LogP contribution < -0.4 is 0 Å². The molecule has 0 saturated carbocycles. The summed E-state index contributed by atoms with van der Waals surface area (Å²) >= 11 is 6.50. The molecule has 4 nitrogen and oxygen atoms in total. The largest absolute Gasteiger partial charge is 0.250 e. The van der Waals surface area contributed by atoms with Gasteiger partial charge >= 0.3 is 0 Å². The predicted molar refractivity (Wildman–Crippen MR) is 127 cm³/mol. The maximum atomic E-state index is 4.50. The lowest BCUT2D eigenvalue weighted by molar-refractivity contribution is 1.13. The second-order valence-corrected chi connectivity index (χ2v) is 10.3. The van der Waals surface area contributed by atoms with Gasteiger partial charge in [-0.15, -0.1) is 0 Å². The molecule has 0 atom stereocenters. The lowest BCUT2D eigenvalue weighted by Crippen LogP contribution is -1.87. The van der Waals surface area contributed by atoms with Crippen LogP contribution in [0.15, 0.2) is 126 Å². The molecule has 0 saturated heterocycles. The molecule has 0 bridgehead atoms. The zero-order valence-electron chi connectivity index (χ0n) is 15.7. The van der Waals surface area contributed by atoms with E-state index in [0.717, 1.165) is 28.6 Å². The molecule has 0 aliphatic rings. The van der Waals surface area contributed by atoms with Gasteiger partial charge in [0.05, 0.1) is 8.47 Å². The van der Waals surface area contributed by atoms with E-state index in [-0.39, 0.29) is 0 Å². The molecule has 4 rings (SSSR count). The van der Waals surface area contributed by atoms with E-state index in [1.54, 1.807) is 47.0 Å². The standard InChI is InChI=1S/C22H16N4S4/c1-5-13-23-17(9-1)27-21(28-18-10-2-6-14-24-18)22(29-19-11-3-7-15-25-19)30-20-12-4-8-16-26-20/h1-16H. The monoisotopic (exact) mass is 464 g/mol. The van der Waals surface area contributed by atoms with Gasteiger partial charge in [-0.25, -0.2) is 19.9 Å². The minimum absolute atomic E-state index is 0.927. The minimum atomic E-state index is 0.927. The quantitative estimate of drug-likeness (QED) is 0.262. The minimum Gasteiger partial charge on any atom is -0.250 e. The molecular weight excluding hydrogens is 449 g/mol. The highest BCUT2D eigenvalue weighted by Crippen LogP contribution is 2.49. The van der Waals surface area contributed by atoms with Gasteiger partial charge in [-0.1, -0.05) is 71.3 Å². The topological polar surface area (TPSA) is 51.6 Å². The highest BCUT2D eigenvalue weighted by molar-refractivity contribution is 8.28. The molecule has 0 fully saturated rings. The maximum Gasteiger partial charge on any atom is 0.101 e. The van der Waals surface area contributed by atoms with Gasteiger partial charge in [0.2, 0.25) is 0 Å². The third-order valence-electron chi connectivity index (χ3n) is 3.51. The first-order valence-electron chi connectivity index (χ1n) is 8.96. The van der Waals surface area contributed by atoms with Crippen LogP contribution in [0, 0.1) is 0 Å². The normalized spacial score (nSPS) is 10.5. The summed E-state index contributed by atoms with van der Waals surface area (Å²) in [7, 11) is 0. The van der Waals surface area contributed by atoms with Gasteiger partial charge in [0, 0.05) is 24.8 Å². The summed E-state index contributed by atoms with van der Waals surface area (Å²) < 4.78 is 2.16. The van der Waals surface area contributed by atoms with Crippen molar-refractivity contribution in [3.8, 4) is 0 Å². The van der Waals surface area contributed by atoms with Crippen LogP contribution in [0.5, 0.6) is 0 Å². The van der Waals surface area contributed by atoms with E-state index in [9.17, 15) is 0 Å². The van der Waals surface area contributed by atoms with Crippen molar-refractivity contribution < 1.29 is 0 Å². The van der Waals surface area contributed by atoms with Crippen LogP contribution in [-0.4, -0.2) is 19.9 Å². The molecule has 0 amide bonds. The molecule has 0 N–H and O–H groups in total. The van der Waals surface area contributed by atoms with Gasteiger partial charge in [0.1, 0.15) is 20.1 Å². The molecule has 148 valence electrons. The highest BCUT2D eigenvalue weighted by atomic mass is 32.2. The SMILES string of the molecule is c1ccc(SC(Sc2ccccn2)=C(Sc2ccccn2)Sc2ccccn2)nc1. The van der Waals surface area contributed by atoms with Crippen molar-refractivity contribution in [2.45, 2.75) is 20.1 Å². The number of thioether (sulfide) groups is 4. The fourth-order valence-corrected chi connectivity index (χ4v) is 6.71. The maximum absolute atomic E-state index is 4.50. The summed E-state index contributed by atoms with van der Waals surface area (Å²) in [4.78, 5) is 18.0. The zero-order chi connectivity index (χ0) is 20.4. The van der Waals surface area contributed by atoms with Crippen molar-refractivity contribution in [3.63, 3.8) is 0 Å². The van der Waals surface area contributed by atoms with E-state index in [2.05, 4.69) is 19.9 Å². The number of hydrogen-bond acceptors (Lipinski definition) is 8. The van der Waals surface area contributed by atoms with Gasteiger partial charge in [-0.2, -0.15) is 0 Å². The Balaban J connectivity index is 1.74. The number of rotatable bonds is 8. The van der Waals surface area contributed by atoms with Crippen LogP contribution in [0.4, 0.5) is 0 Å². The molecule has 8 heteroatoms. The Kier molecular flexibility index (Phi) is 7.85. The third-order valence-corrected chi connectivity index (χ3v) is 8.38. The van der Waals surface area contributed by atoms with Crippen molar-refractivity contribution in [2.24, 2.45) is 0 Å². The summed E-state index contributed by atoms with van der Waals surface area (Å²) in [6.07, 6.45) is 7.23. The lowest BCUT2D eigenvalue weighted by Gasteiger charge is -2.13. The average molecular weight is 465 g/mol. The van der Waals surface area contributed by atoms with Crippen molar-refractivity contribution in [2.75, 3.05) is 0 Å². The first kappa shape index (κ1) is 21.0. The Labute approximate surface area is 192 Å². The van der Waals surface area contributed by atoms with Crippen LogP contribution in [0.2, 0.25) is 0 Å². The van der Waals surface area contributed by atoms with Crippen LogP contribution >= 0.6 is 47.0 Å². The van der Waals surface area contributed by atoms with Crippen LogP contribution in [0.25, 0.3) is 0 Å². The molecule has 4 aromatic heterocycles. The molecule has 0 unspecified atom stereocenters. The van der Waals surface area contributed by atoms with Crippen molar-refractivity contribution >= 4 is 47.0 Å². The summed E-state index contributed by atoms with van der Waals surface area (Å²) in [6.45, 7) is 0. The Morgan fingerprint density at radius 2 is 0.667 bits per heavy atom. The zero-order valence-corrected chi connectivity index (χ0v) is 18.9. The van der Waals surface area contributed by atoms with E-state index in [4.69, 9.17) is 0 Å². The van der Waals surface area contributed by atoms with Gasteiger partial charge in [0.25, 0.3) is 0 Å². The second kappa shape index (κ2) is 11.2. The number of aromatic nitrogens is 4. The van der Waals surface area contributed by atoms with Crippen LogP contribution in [0.1, 0.15) is 0 Å². The lowest BCUT2D eigenvalue weighted by atomic mass is 10.5. The molecule has 4 heterocycles. The molecule has 0 aromatic carbocycles. The second-order valence-electron chi connectivity index (χ2n) is 5.66. The Morgan fingerprint density at radius 3 is 0.867 bits per heavy atom. The van der Waals surface area contributed by atoms with Crippen LogP contribution in [-0.2, 0) is 0 Å². The third kappa shape index (κ3) is 6.37. The molecule has 0 radical (unpaired) electrons. The first-order valence-corrected chi connectivity index (χ1v) is 12.2. The van der Waals surface area contributed by atoms with Gasteiger partial charge in [0.15, 0.2) is 0 Å². The van der Waals surface area contributed by atoms with E-state index in [1.807, 2.05) is 97.6 Å². The van der Waals surface area contributed by atoms with E-state index in [0.29, 0.717) is 0 Å². The number of hydrogen-bond donors (Lipinski definition) is 0. The molecule has 30 heavy (non-hydrogen) atoms. The van der Waals surface area contributed by atoms with Gasteiger partial charge in [-0.05, 0) is 48.5 Å². The Morgan fingerprint density at radius 1 is 0.400 bits per heavy atom. The fraction of sp³-hybridized carbons (Fsp3) is 0. The summed E-state index contributed by atoms with van der Waals surface area (Å²) in [5.41, 5.74) is 0.